The van der Waals surface area contributed by atoms with Crippen LogP contribution in [0.3, 0.4) is 0 Å². The quantitative estimate of drug-likeness (QED) is 0.701. The maximum Gasteiger partial charge on any atom is 0.0167 e. The maximum atomic E-state index is 3.55. The number of rotatable bonds is 5. The molecule has 1 N–H and O–H groups in total. The minimum Gasteiger partial charge on any atom is -0.313 e. The summed E-state index contributed by atoms with van der Waals surface area (Å²) >= 11 is 0. The van der Waals surface area contributed by atoms with Gasteiger partial charge in [-0.2, -0.15) is 0 Å². The van der Waals surface area contributed by atoms with Crippen LogP contribution < -0.4 is 5.32 Å². The van der Waals surface area contributed by atoms with Gasteiger partial charge in [0.1, 0.15) is 0 Å². The molecule has 2 aliphatic carbocycles. The largest absolute Gasteiger partial charge is 0.313 e. The van der Waals surface area contributed by atoms with Crippen molar-refractivity contribution in [3.05, 3.63) is 11.6 Å². The van der Waals surface area contributed by atoms with Gasteiger partial charge in [0.15, 0.2) is 0 Å². The van der Waals surface area contributed by atoms with Gasteiger partial charge in [0, 0.05) is 6.54 Å². The highest BCUT2D eigenvalue weighted by Crippen LogP contribution is 2.33. The van der Waals surface area contributed by atoms with Crippen LogP contribution in [0.15, 0.2) is 11.6 Å². The first-order chi connectivity index (χ1) is 8.40. The molecule has 0 atom stereocenters. The first kappa shape index (κ1) is 13.1. The summed E-state index contributed by atoms with van der Waals surface area (Å²) < 4.78 is 0. The highest BCUT2D eigenvalue weighted by molar-refractivity contribution is 5.12. The number of hydrogen-bond acceptors (Lipinski definition) is 1. The minimum absolute atomic E-state index is 0.906. The van der Waals surface area contributed by atoms with Crippen LogP contribution in [0.1, 0.15) is 64.7 Å². The number of allylic oxidation sites excluding steroid dienone is 1. The van der Waals surface area contributed by atoms with E-state index in [9.17, 15) is 0 Å². The predicted molar refractivity (Wildman–Crippen MR) is 75.2 cm³/mol. The van der Waals surface area contributed by atoms with Crippen LogP contribution in [0.2, 0.25) is 0 Å². The maximum absolute atomic E-state index is 3.55. The van der Waals surface area contributed by atoms with Crippen molar-refractivity contribution in [2.75, 3.05) is 13.1 Å². The summed E-state index contributed by atoms with van der Waals surface area (Å²) in [4.78, 5) is 0. The molecule has 0 heterocycles. The Morgan fingerprint density at radius 3 is 2.29 bits per heavy atom. The van der Waals surface area contributed by atoms with Crippen molar-refractivity contribution in [2.24, 2.45) is 11.8 Å². The Bertz CT molecular complexity index is 232. The monoisotopic (exact) mass is 235 g/mol. The molecule has 2 saturated carbocycles. The lowest BCUT2D eigenvalue weighted by molar-refractivity contribution is 0.392. The zero-order valence-electron chi connectivity index (χ0n) is 11.5. The van der Waals surface area contributed by atoms with Crippen LogP contribution in [0.25, 0.3) is 0 Å². The Morgan fingerprint density at radius 1 is 1.00 bits per heavy atom. The van der Waals surface area contributed by atoms with E-state index in [4.69, 9.17) is 0 Å². The third-order valence-electron chi connectivity index (χ3n) is 4.56. The number of likely N-dealkylation sites (N-methyl/N-ethyl adjacent to an activating group) is 1. The van der Waals surface area contributed by atoms with Crippen LogP contribution >= 0.6 is 0 Å². The second-order valence-electron chi connectivity index (χ2n) is 5.90. The summed E-state index contributed by atoms with van der Waals surface area (Å²) in [5, 5.41) is 3.55. The zero-order valence-corrected chi connectivity index (χ0v) is 11.5. The zero-order chi connectivity index (χ0) is 11.9. The SMILES string of the molecule is CCNCC(=CC1CCCC1)C1CCCCC1. The lowest BCUT2D eigenvalue weighted by atomic mass is 9.82. The average Bonchev–Trinajstić information content (AvgIpc) is 2.88. The van der Waals surface area contributed by atoms with Gasteiger partial charge in [-0.25, -0.2) is 0 Å². The van der Waals surface area contributed by atoms with Gasteiger partial charge < -0.3 is 5.32 Å². The van der Waals surface area contributed by atoms with Crippen molar-refractivity contribution in [1.82, 2.24) is 5.32 Å². The molecule has 0 bridgehead atoms. The van der Waals surface area contributed by atoms with Gasteiger partial charge in [0.05, 0.1) is 0 Å². The van der Waals surface area contributed by atoms with E-state index in [1.807, 2.05) is 0 Å². The minimum atomic E-state index is 0.906. The second-order valence-corrected chi connectivity index (χ2v) is 5.90. The Kier molecular flexibility index (Phi) is 5.57. The molecule has 1 heteroatoms. The standard InChI is InChI=1S/C16H29N/c1-2-17-13-16(12-14-8-6-7-9-14)15-10-4-3-5-11-15/h12,14-15,17H,2-11,13H2,1H3. The van der Waals surface area contributed by atoms with Gasteiger partial charge in [-0.1, -0.05) is 50.7 Å². The normalized spacial score (nSPS) is 24.4. The molecule has 0 radical (unpaired) electrons. The van der Waals surface area contributed by atoms with Crippen molar-refractivity contribution in [3.8, 4) is 0 Å². The van der Waals surface area contributed by atoms with Gasteiger partial charge in [-0.3, -0.25) is 0 Å². The molecule has 0 unspecified atom stereocenters. The molecular weight excluding hydrogens is 206 g/mol. The van der Waals surface area contributed by atoms with Gasteiger partial charge in [-0.15, -0.1) is 0 Å². The van der Waals surface area contributed by atoms with E-state index in [1.165, 1.54) is 57.8 Å². The van der Waals surface area contributed by atoms with Crippen LogP contribution in [0.4, 0.5) is 0 Å². The molecule has 1 nitrogen and oxygen atoms in total. The Balaban J connectivity index is 1.94. The molecule has 2 fully saturated rings. The summed E-state index contributed by atoms with van der Waals surface area (Å²) in [6.07, 6.45) is 15.7. The van der Waals surface area contributed by atoms with Crippen LogP contribution in [-0.2, 0) is 0 Å². The lowest BCUT2D eigenvalue weighted by Gasteiger charge is -2.26. The van der Waals surface area contributed by atoms with Crippen molar-refractivity contribution >= 4 is 0 Å². The molecule has 0 amide bonds. The van der Waals surface area contributed by atoms with Crippen LogP contribution in [0, 0.1) is 11.8 Å². The second kappa shape index (κ2) is 7.20. The van der Waals surface area contributed by atoms with Gasteiger partial charge in [0.2, 0.25) is 0 Å². The average molecular weight is 235 g/mol. The van der Waals surface area contributed by atoms with Crippen molar-refractivity contribution < 1.29 is 0 Å². The molecule has 2 rings (SSSR count). The lowest BCUT2D eigenvalue weighted by Crippen LogP contribution is -2.22. The fourth-order valence-electron chi connectivity index (χ4n) is 3.51. The molecule has 0 aliphatic heterocycles. The Labute approximate surface area is 107 Å². The summed E-state index contributed by atoms with van der Waals surface area (Å²) in [7, 11) is 0. The van der Waals surface area contributed by atoms with Crippen molar-refractivity contribution in [2.45, 2.75) is 64.7 Å². The Hall–Kier alpha value is -0.300. The van der Waals surface area contributed by atoms with E-state index in [0.29, 0.717) is 0 Å². The van der Waals surface area contributed by atoms with E-state index < -0.39 is 0 Å². The smallest absolute Gasteiger partial charge is 0.0167 e. The first-order valence-corrected chi connectivity index (χ1v) is 7.81. The Morgan fingerprint density at radius 2 is 1.65 bits per heavy atom. The molecule has 0 spiro atoms. The van der Waals surface area contributed by atoms with E-state index >= 15 is 0 Å². The number of hydrogen-bond donors (Lipinski definition) is 1. The molecule has 0 aromatic rings. The number of nitrogens with one attached hydrogen (secondary N) is 1. The predicted octanol–water partition coefficient (Wildman–Crippen LogP) is 4.29. The molecular formula is C16H29N. The van der Waals surface area contributed by atoms with Crippen molar-refractivity contribution in [3.63, 3.8) is 0 Å². The fraction of sp³-hybridized carbons (Fsp3) is 0.875. The van der Waals surface area contributed by atoms with E-state index in [2.05, 4.69) is 18.3 Å². The van der Waals surface area contributed by atoms with E-state index in [1.54, 1.807) is 5.57 Å². The summed E-state index contributed by atoms with van der Waals surface area (Å²) in [5.74, 6) is 1.81. The molecule has 17 heavy (non-hydrogen) atoms. The highest BCUT2D eigenvalue weighted by atomic mass is 14.8. The van der Waals surface area contributed by atoms with Gasteiger partial charge >= 0.3 is 0 Å². The fourth-order valence-corrected chi connectivity index (χ4v) is 3.51. The van der Waals surface area contributed by atoms with E-state index in [-0.39, 0.29) is 0 Å². The highest BCUT2D eigenvalue weighted by Gasteiger charge is 2.20. The molecule has 0 saturated heterocycles. The van der Waals surface area contributed by atoms with Gasteiger partial charge in [-0.05, 0) is 44.1 Å². The van der Waals surface area contributed by atoms with E-state index in [0.717, 1.165) is 24.9 Å². The summed E-state index contributed by atoms with van der Waals surface area (Å²) in [5.41, 5.74) is 1.75. The van der Waals surface area contributed by atoms with Crippen molar-refractivity contribution in [1.29, 1.82) is 0 Å². The molecule has 2 aliphatic rings. The molecule has 98 valence electrons. The topological polar surface area (TPSA) is 12.0 Å². The van der Waals surface area contributed by atoms with Crippen LogP contribution in [0.5, 0.6) is 0 Å². The third-order valence-corrected chi connectivity index (χ3v) is 4.56. The molecule has 0 aromatic heterocycles. The van der Waals surface area contributed by atoms with Crippen LogP contribution in [-0.4, -0.2) is 13.1 Å². The molecule has 0 aromatic carbocycles. The summed E-state index contributed by atoms with van der Waals surface area (Å²) in [6, 6.07) is 0. The van der Waals surface area contributed by atoms with Gasteiger partial charge in [0.25, 0.3) is 0 Å². The third kappa shape index (κ3) is 4.13. The first-order valence-electron chi connectivity index (χ1n) is 7.81. The summed E-state index contributed by atoms with van der Waals surface area (Å²) in [6.45, 7) is 4.47.